The van der Waals surface area contributed by atoms with Crippen molar-refractivity contribution in [3.8, 4) is 0 Å². The minimum absolute atomic E-state index is 0. The molecule has 0 bridgehead atoms. The van der Waals surface area contributed by atoms with Gasteiger partial charge in [-0.2, -0.15) is 0 Å². The Kier molecular flexibility index (Phi) is 33.2. The summed E-state index contributed by atoms with van der Waals surface area (Å²) < 4.78 is 10.9. The summed E-state index contributed by atoms with van der Waals surface area (Å²) in [4.78, 5) is 25.6. The number of amides is 1. The van der Waals surface area contributed by atoms with Crippen molar-refractivity contribution in [2.24, 2.45) is 0 Å². The van der Waals surface area contributed by atoms with E-state index >= 15 is 0 Å². The summed E-state index contributed by atoms with van der Waals surface area (Å²) in [7, 11) is 0. The third-order valence-electron chi connectivity index (χ3n) is 10.3. The number of nitrogens with zero attached hydrogens (tertiary/aromatic N) is 1. The van der Waals surface area contributed by atoms with E-state index in [2.05, 4.69) is 6.92 Å². The first-order valence-corrected chi connectivity index (χ1v) is 20.6. The molecular weight excluding hydrogens is 713 g/mol. The Balaban J connectivity index is 0.0000281. The van der Waals surface area contributed by atoms with Crippen LogP contribution in [0.4, 0.5) is 0 Å². The molecule has 9 N–H and O–H groups in total. The molecule has 0 aromatic heterocycles. The number of hydrogen-bond donors (Lipinski definition) is 9. The van der Waals surface area contributed by atoms with E-state index in [1.165, 1.54) is 62.7 Å². The van der Waals surface area contributed by atoms with E-state index in [1.807, 2.05) is 0 Å². The summed E-state index contributed by atoms with van der Waals surface area (Å²) in [6.45, 7) is 0.652. The minimum atomic E-state index is -1.86. The molecule has 1 rings (SSSR count). The number of carbonyl (C=O) groups excluding carboxylic acids is 1. The number of carboxylic acid groups (broad SMARTS) is 1. The first kappa shape index (κ1) is 53.5. The number of rotatable bonds is 34. The van der Waals surface area contributed by atoms with Gasteiger partial charge in [0.1, 0.15) is 48.8 Å². The summed E-state index contributed by atoms with van der Waals surface area (Å²) in [5.41, 5.74) is 0. The Morgan fingerprint density at radius 1 is 0.648 bits per heavy atom. The van der Waals surface area contributed by atoms with E-state index in [4.69, 9.17) is 14.6 Å². The molecular formula is C39H75NNaO13. The van der Waals surface area contributed by atoms with Crippen LogP contribution in [-0.4, -0.2) is 174 Å². The van der Waals surface area contributed by atoms with Crippen molar-refractivity contribution in [1.82, 2.24) is 4.90 Å². The number of aliphatic carboxylic acids is 1. The van der Waals surface area contributed by atoms with Crippen LogP contribution >= 0.6 is 0 Å². The number of carboxylic acids is 1. The Morgan fingerprint density at radius 2 is 1.11 bits per heavy atom. The number of aliphatic hydroxyl groups excluding tert-OH is 8. The Hall–Kier alpha value is -0.460. The largest absolute Gasteiger partial charge is 0.481 e. The van der Waals surface area contributed by atoms with Gasteiger partial charge in [0.15, 0.2) is 6.29 Å². The zero-order valence-corrected chi connectivity index (χ0v) is 35.4. The second-order valence-electron chi connectivity index (χ2n) is 14.9. The molecule has 315 valence electrons. The van der Waals surface area contributed by atoms with Gasteiger partial charge >= 0.3 is 5.97 Å². The van der Waals surface area contributed by atoms with Crippen molar-refractivity contribution in [2.75, 3.05) is 26.3 Å². The topological polar surface area (TPSA) is 238 Å². The summed E-state index contributed by atoms with van der Waals surface area (Å²) >= 11 is 0. The predicted octanol–water partition coefficient (Wildman–Crippen LogP) is 2.77. The van der Waals surface area contributed by atoms with Gasteiger partial charge in [0, 0.05) is 55.5 Å². The van der Waals surface area contributed by atoms with Gasteiger partial charge in [-0.05, 0) is 19.3 Å². The van der Waals surface area contributed by atoms with Crippen LogP contribution in [0.3, 0.4) is 0 Å². The van der Waals surface area contributed by atoms with Crippen molar-refractivity contribution >= 4 is 41.4 Å². The van der Waals surface area contributed by atoms with E-state index in [0.717, 1.165) is 57.8 Å². The smallest absolute Gasteiger partial charge is 0.303 e. The van der Waals surface area contributed by atoms with Crippen LogP contribution < -0.4 is 0 Å². The molecule has 0 saturated carbocycles. The number of ether oxygens (including phenoxy) is 2. The van der Waals surface area contributed by atoms with Gasteiger partial charge in [-0.15, -0.1) is 0 Å². The first-order valence-electron chi connectivity index (χ1n) is 20.6. The molecule has 1 saturated heterocycles. The van der Waals surface area contributed by atoms with Crippen molar-refractivity contribution in [3.05, 3.63) is 0 Å². The molecule has 15 heteroatoms. The van der Waals surface area contributed by atoms with Crippen LogP contribution in [0.1, 0.15) is 155 Å². The van der Waals surface area contributed by atoms with E-state index in [1.54, 1.807) is 0 Å². The van der Waals surface area contributed by atoms with Gasteiger partial charge in [-0.1, -0.05) is 122 Å². The van der Waals surface area contributed by atoms with Crippen LogP contribution in [0.5, 0.6) is 0 Å². The second-order valence-corrected chi connectivity index (χ2v) is 14.9. The number of carbonyl (C=O) groups is 2. The van der Waals surface area contributed by atoms with E-state index in [0.29, 0.717) is 25.8 Å². The van der Waals surface area contributed by atoms with Crippen molar-refractivity contribution < 1.29 is 65.0 Å². The molecule has 0 spiro atoms. The Labute approximate surface area is 345 Å². The summed E-state index contributed by atoms with van der Waals surface area (Å²) in [5.74, 6) is -0.955. The van der Waals surface area contributed by atoms with Crippen LogP contribution in [-0.2, 0) is 19.1 Å². The third kappa shape index (κ3) is 23.1. The molecule has 1 heterocycles. The predicted molar refractivity (Wildman–Crippen MR) is 206 cm³/mol. The average molecular weight is 789 g/mol. The third-order valence-corrected chi connectivity index (χ3v) is 10.3. The molecule has 1 aliphatic heterocycles. The maximum atomic E-state index is 13.4. The van der Waals surface area contributed by atoms with Crippen LogP contribution in [0.2, 0.25) is 0 Å². The Morgan fingerprint density at radius 3 is 1.57 bits per heavy atom. The van der Waals surface area contributed by atoms with Crippen LogP contribution in [0, 0.1) is 0 Å². The van der Waals surface area contributed by atoms with Crippen LogP contribution in [0.25, 0.3) is 0 Å². The van der Waals surface area contributed by atoms with Gasteiger partial charge in [0.05, 0.1) is 13.2 Å². The SMILES string of the molecule is CCCCCCCCCCCCCCCC(=O)N(CCCCCCCCCCC(=O)O)CC(O)C(O)C(OC1OC(CO)C(O)C(O)C1O)C(O)CO.[Na]. The number of hydrogen-bond acceptors (Lipinski definition) is 12. The summed E-state index contributed by atoms with van der Waals surface area (Å²) in [6, 6.07) is 0. The van der Waals surface area contributed by atoms with Gasteiger partial charge in [0.2, 0.25) is 5.91 Å². The molecule has 14 nitrogen and oxygen atoms in total. The average Bonchev–Trinajstić information content (AvgIpc) is 3.14. The fourth-order valence-corrected chi connectivity index (χ4v) is 6.80. The van der Waals surface area contributed by atoms with Crippen LogP contribution in [0.15, 0.2) is 0 Å². The monoisotopic (exact) mass is 789 g/mol. The summed E-state index contributed by atoms with van der Waals surface area (Å²) in [6.07, 6.45) is 7.37. The zero-order chi connectivity index (χ0) is 39.4. The summed E-state index contributed by atoms with van der Waals surface area (Å²) in [5, 5.41) is 91.3. The molecule has 9 unspecified atom stereocenters. The van der Waals surface area contributed by atoms with Gasteiger partial charge < -0.3 is 60.3 Å². The van der Waals surface area contributed by atoms with E-state index < -0.39 is 74.3 Å². The van der Waals surface area contributed by atoms with E-state index in [9.17, 15) is 50.4 Å². The number of aliphatic hydroxyl groups is 8. The van der Waals surface area contributed by atoms with Crippen molar-refractivity contribution in [1.29, 1.82) is 0 Å². The molecule has 1 radical (unpaired) electrons. The van der Waals surface area contributed by atoms with Gasteiger partial charge in [-0.25, -0.2) is 0 Å². The maximum absolute atomic E-state index is 13.4. The van der Waals surface area contributed by atoms with Gasteiger partial charge in [0.25, 0.3) is 0 Å². The van der Waals surface area contributed by atoms with Crippen molar-refractivity contribution in [3.63, 3.8) is 0 Å². The molecule has 1 aliphatic rings. The normalized spacial score (nSPS) is 22.3. The number of unbranched alkanes of at least 4 members (excludes halogenated alkanes) is 19. The molecule has 54 heavy (non-hydrogen) atoms. The quantitative estimate of drug-likeness (QED) is 0.0337. The molecule has 1 fully saturated rings. The minimum Gasteiger partial charge on any atom is -0.481 e. The first-order chi connectivity index (χ1) is 25.5. The van der Waals surface area contributed by atoms with E-state index in [-0.39, 0.29) is 54.9 Å². The maximum Gasteiger partial charge on any atom is 0.303 e. The molecule has 0 aromatic rings. The fourth-order valence-electron chi connectivity index (χ4n) is 6.80. The van der Waals surface area contributed by atoms with Crippen molar-refractivity contribution in [2.45, 2.75) is 210 Å². The Bertz CT molecular complexity index is 920. The molecule has 9 atom stereocenters. The van der Waals surface area contributed by atoms with Gasteiger partial charge in [-0.3, -0.25) is 9.59 Å². The molecule has 0 aliphatic carbocycles. The zero-order valence-electron chi connectivity index (χ0n) is 33.4. The fraction of sp³-hybridized carbons (Fsp3) is 0.949. The second kappa shape index (κ2) is 33.5. The standard InChI is InChI=1S/C39H75NO13.Na/c1-2-3-4-5-6-7-8-9-10-11-14-17-20-23-32(45)40(25-22-19-16-13-12-15-18-21-24-33(46)47)26-29(43)34(48)38(30(44)27-41)53-39-37(51)36(50)35(49)31(28-42)52-39;/h29-31,34-39,41-44,48-51H,2-28H2,1H3,(H,46,47);. The molecule has 0 aromatic carbocycles. The molecule has 1 amide bonds.